The quantitative estimate of drug-likeness (QED) is 0.759. The third-order valence-electron chi connectivity index (χ3n) is 4.16. The van der Waals surface area contributed by atoms with E-state index in [-0.39, 0.29) is 24.3 Å². The van der Waals surface area contributed by atoms with Gasteiger partial charge in [-0.15, -0.1) is 12.4 Å². The Labute approximate surface area is 170 Å². The Morgan fingerprint density at radius 1 is 1.36 bits per heavy atom. The van der Waals surface area contributed by atoms with Gasteiger partial charge in [0.1, 0.15) is 10.7 Å². The molecule has 1 unspecified atom stereocenters. The lowest BCUT2D eigenvalue weighted by Gasteiger charge is -2.30. The first-order chi connectivity index (χ1) is 12.6. The molecule has 0 radical (unpaired) electrons. The molecule has 8 nitrogen and oxygen atoms in total. The van der Waals surface area contributed by atoms with Crippen molar-refractivity contribution in [3.05, 3.63) is 29.8 Å². The molecule has 0 amide bonds. The summed E-state index contributed by atoms with van der Waals surface area (Å²) in [6, 6.07) is 3.68. The summed E-state index contributed by atoms with van der Waals surface area (Å²) in [5.74, 6) is -0.191. The van der Waals surface area contributed by atoms with Crippen LogP contribution in [0.5, 0.6) is 0 Å². The van der Waals surface area contributed by atoms with Crippen molar-refractivity contribution in [2.45, 2.75) is 37.2 Å². The summed E-state index contributed by atoms with van der Waals surface area (Å²) >= 11 is 0. The Morgan fingerprint density at radius 2 is 2.07 bits per heavy atom. The predicted octanol–water partition coefficient (Wildman–Crippen LogP) is 1.95. The van der Waals surface area contributed by atoms with Gasteiger partial charge in [0.25, 0.3) is 5.89 Å². The first kappa shape index (κ1) is 22.7. The van der Waals surface area contributed by atoms with Crippen molar-refractivity contribution in [2.75, 3.05) is 26.7 Å². The standard InChI is InChI=1S/C17H24FN5O3S.ClH/c1-17(2,3)22-27(24,25)14-9-11(5-6-12(14)18)16-20-15(21-26-16)13-10-19-7-8-23(13)4;/h5-6,9,13,19,22H,7-8,10H2,1-4H3;1H. The topological polar surface area (TPSA) is 100 Å². The number of benzene rings is 1. The Hall–Kier alpha value is -1.59. The number of nitrogens with zero attached hydrogens (tertiary/aromatic N) is 3. The van der Waals surface area contributed by atoms with Crippen molar-refractivity contribution >= 4 is 22.4 Å². The van der Waals surface area contributed by atoms with Crippen LogP contribution in [0, 0.1) is 5.82 Å². The van der Waals surface area contributed by atoms with E-state index < -0.39 is 26.3 Å². The zero-order valence-corrected chi connectivity index (χ0v) is 17.8. The molecule has 11 heteroatoms. The molecule has 1 aromatic carbocycles. The van der Waals surface area contributed by atoms with E-state index in [4.69, 9.17) is 4.52 Å². The minimum atomic E-state index is -4.03. The van der Waals surface area contributed by atoms with Gasteiger partial charge in [-0.3, -0.25) is 4.90 Å². The smallest absolute Gasteiger partial charge is 0.258 e. The number of rotatable bonds is 4. The highest BCUT2D eigenvalue weighted by Crippen LogP contribution is 2.26. The Morgan fingerprint density at radius 3 is 2.71 bits per heavy atom. The summed E-state index contributed by atoms with van der Waals surface area (Å²) in [4.78, 5) is 6.04. The van der Waals surface area contributed by atoms with Gasteiger partial charge in [-0.25, -0.2) is 17.5 Å². The molecule has 0 bridgehead atoms. The first-order valence-electron chi connectivity index (χ1n) is 8.65. The fourth-order valence-corrected chi connectivity index (χ4v) is 4.41. The van der Waals surface area contributed by atoms with Gasteiger partial charge >= 0.3 is 0 Å². The van der Waals surface area contributed by atoms with E-state index in [0.717, 1.165) is 19.2 Å². The van der Waals surface area contributed by atoms with Crippen LogP contribution in [0.1, 0.15) is 32.6 Å². The lowest BCUT2D eigenvalue weighted by Crippen LogP contribution is -2.44. The van der Waals surface area contributed by atoms with Crippen LogP contribution in [0.15, 0.2) is 27.6 Å². The van der Waals surface area contributed by atoms with Gasteiger partial charge in [0.05, 0.1) is 6.04 Å². The van der Waals surface area contributed by atoms with Crippen LogP contribution in [0.4, 0.5) is 4.39 Å². The minimum absolute atomic E-state index is 0. The number of aromatic nitrogens is 2. The van der Waals surface area contributed by atoms with Gasteiger partial charge in [-0.2, -0.15) is 4.98 Å². The largest absolute Gasteiger partial charge is 0.334 e. The average molecular weight is 434 g/mol. The van der Waals surface area contributed by atoms with Crippen LogP contribution in [-0.2, 0) is 10.0 Å². The van der Waals surface area contributed by atoms with Gasteiger partial charge in [0, 0.05) is 30.7 Å². The van der Waals surface area contributed by atoms with E-state index in [2.05, 4.69) is 25.1 Å². The number of nitrogens with one attached hydrogen (secondary N) is 2. The Kier molecular flexibility index (Phi) is 6.82. The van der Waals surface area contributed by atoms with Crippen LogP contribution in [0.3, 0.4) is 0 Å². The van der Waals surface area contributed by atoms with E-state index in [9.17, 15) is 12.8 Å². The molecule has 156 valence electrons. The highest BCUT2D eigenvalue weighted by atomic mass is 35.5. The van der Waals surface area contributed by atoms with E-state index in [1.807, 2.05) is 7.05 Å². The van der Waals surface area contributed by atoms with Gasteiger partial charge in [-0.1, -0.05) is 5.16 Å². The molecule has 1 fully saturated rings. The molecule has 2 aromatic rings. The molecule has 1 aromatic heterocycles. The lowest BCUT2D eigenvalue weighted by atomic mass is 10.1. The number of hydrogen-bond acceptors (Lipinski definition) is 7. The van der Waals surface area contributed by atoms with E-state index in [0.29, 0.717) is 17.9 Å². The molecule has 28 heavy (non-hydrogen) atoms. The maximum absolute atomic E-state index is 14.2. The maximum atomic E-state index is 14.2. The molecule has 1 aliphatic rings. The normalized spacial score (nSPS) is 18.7. The molecule has 0 aliphatic carbocycles. The first-order valence-corrected chi connectivity index (χ1v) is 10.1. The second-order valence-electron chi connectivity index (χ2n) is 7.66. The van der Waals surface area contributed by atoms with E-state index in [1.165, 1.54) is 12.1 Å². The third kappa shape index (κ3) is 5.06. The Balaban J connectivity index is 0.00000280. The van der Waals surface area contributed by atoms with Gasteiger partial charge < -0.3 is 9.84 Å². The summed E-state index contributed by atoms with van der Waals surface area (Å²) < 4.78 is 47.0. The molecule has 3 rings (SSSR count). The fourth-order valence-electron chi connectivity index (χ4n) is 2.88. The van der Waals surface area contributed by atoms with Crippen LogP contribution in [0.2, 0.25) is 0 Å². The molecule has 1 atom stereocenters. The minimum Gasteiger partial charge on any atom is -0.334 e. The number of likely N-dealkylation sites (N-methyl/N-ethyl adjacent to an activating group) is 1. The highest BCUT2D eigenvalue weighted by molar-refractivity contribution is 7.89. The summed E-state index contributed by atoms with van der Waals surface area (Å²) in [5, 5.41) is 7.28. The Bertz CT molecular complexity index is 929. The number of hydrogen-bond donors (Lipinski definition) is 2. The number of halogens is 2. The highest BCUT2D eigenvalue weighted by Gasteiger charge is 2.28. The molecule has 2 heterocycles. The van der Waals surface area contributed by atoms with Gasteiger partial charge in [0.2, 0.25) is 10.0 Å². The lowest BCUT2D eigenvalue weighted by molar-refractivity contribution is 0.190. The SMILES string of the molecule is CN1CCNCC1c1noc(-c2ccc(F)c(S(=O)(=O)NC(C)(C)C)c2)n1.Cl. The summed E-state index contributed by atoms with van der Waals surface area (Å²) in [7, 11) is -2.06. The monoisotopic (exact) mass is 433 g/mol. The number of sulfonamides is 1. The fraction of sp³-hybridized carbons (Fsp3) is 0.529. The second-order valence-corrected chi connectivity index (χ2v) is 9.31. The van der Waals surface area contributed by atoms with Crippen molar-refractivity contribution in [1.82, 2.24) is 25.1 Å². The van der Waals surface area contributed by atoms with Crippen LogP contribution < -0.4 is 10.0 Å². The molecule has 2 N–H and O–H groups in total. The second kappa shape index (κ2) is 8.42. The molecular formula is C17H25ClFN5O3S. The maximum Gasteiger partial charge on any atom is 0.258 e. The van der Waals surface area contributed by atoms with Crippen LogP contribution in [-0.4, -0.2) is 55.7 Å². The van der Waals surface area contributed by atoms with Crippen molar-refractivity contribution in [3.63, 3.8) is 0 Å². The van der Waals surface area contributed by atoms with Gasteiger partial charge in [0.15, 0.2) is 5.82 Å². The molecule has 1 saturated heterocycles. The van der Waals surface area contributed by atoms with Crippen LogP contribution >= 0.6 is 12.4 Å². The van der Waals surface area contributed by atoms with Gasteiger partial charge in [-0.05, 0) is 46.0 Å². The zero-order valence-electron chi connectivity index (χ0n) is 16.2. The van der Waals surface area contributed by atoms with Crippen molar-refractivity contribution in [3.8, 4) is 11.5 Å². The summed E-state index contributed by atoms with van der Waals surface area (Å²) in [6.45, 7) is 7.49. The van der Waals surface area contributed by atoms with E-state index >= 15 is 0 Å². The summed E-state index contributed by atoms with van der Waals surface area (Å²) in [6.07, 6.45) is 0. The third-order valence-corrected chi connectivity index (χ3v) is 5.93. The summed E-state index contributed by atoms with van der Waals surface area (Å²) in [5.41, 5.74) is -0.395. The van der Waals surface area contributed by atoms with Crippen LogP contribution in [0.25, 0.3) is 11.5 Å². The average Bonchev–Trinajstić information content (AvgIpc) is 3.03. The molecule has 1 aliphatic heterocycles. The van der Waals surface area contributed by atoms with Crippen molar-refractivity contribution < 1.29 is 17.3 Å². The zero-order chi connectivity index (χ0) is 19.8. The molecule has 0 saturated carbocycles. The number of piperazine rings is 1. The molecular weight excluding hydrogens is 409 g/mol. The van der Waals surface area contributed by atoms with Crippen molar-refractivity contribution in [1.29, 1.82) is 0 Å². The predicted molar refractivity (Wildman–Crippen MR) is 105 cm³/mol. The molecule has 0 spiro atoms. The van der Waals surface area contributed by atoms with Crippen molar-refractivity contribution in [2.24, 2.45) is 0 Å². The van der Waals surface area contributed by atoms with E-state index in [1.54, 1.807) is 20.8 Å².